The number of nitrogens with two attached hydrogens (primary N) is 1. The van der Waals surface area contributed by atoms with Gasteiger partial charge in [-0.3, -0.25) is 10.1 Å². The Kier molecular flexibility index (Phi) is 8.17. The fourth-order valence-corrected chi connectivity index (χ4v) is 3.39. The first-order chi connectivity index (χ1) is 16.8. The van der Waals surface area contributed by atoms with Crippen LogP contribution in [0.5, 0.6) is 0 Å². The molecule has 0 aliphatic carbocycles. The molecule has 1 aromatic rings. The van der Waals surface area contributed by atoms with Crippen molar-refractivity contribution in [2.45, 2.75) is 78.6 Å². The number of hydrazine groups is 1. The van der Waals surface area contributed by atoms with Crippen molar-refractivity contribution in [2.75, 3.05) is 13.1 Å². The SMILES string of the molecule is CC(C)(C)OC(=O)c1cn(CCCCC2=CC(C#CC3CN(C(=O)OC(C)(C)C)C3)=C(N)NN2)nn1. The fraction of sp³-hybridized carbons (Fsp3) is 0.600. The molecule has 0 spiro atoms. The summed E-state index contributed by atoms with van der Waals surface area (Å²) in [4.78, 5) is 25.8. The van der Waals surface area contributed by atoms with Crippen LogP contribution in [0.2, 0.25) is 0 Å². The maximum absolute atomic E-state index is 12.1. The van der Waals surface area contributed by atoms with Crippen molar-refractivity contribution in [1.29, 1.82) is 0 Å². The number of likely N-dealkylation sites (tertiary alicyclic amines) is 1. The van der Waals surface area contributed by atoms with Gasteiger partial charge in [-0.15, -0.1) is 5.10 Å². The van der Waals surface area contributed by atoms with E-state index in [1.807, 2.05) is 47.6 Å². The van der Waals surface area contributed by atoms with Gasteiger partial charge in [0.15, 0.2) is 5.69 Å². The van der Waals surface area contributed by atoms with Crippen LogP contribution in [0.3, 0.4) is 0 Å². The Labute approximate surface area is 212 Å². The summed E-state index contributed by atoms with van der Waals surface area (Å²) in [6, 6.07) is 0. The number of ether oxygens (including phenoxy) is 2. The predicted molar refractivity (Wildman–Crippen MR) is 134 cm³/mol. The maximum atomic E-state index is 12.1. The fourth-order valence-electron chi connectivity index (χ4n) is 3.39. The summed E-state index contributed by atoms with van der Waals surface area (Å²) in [5.41, 5.74) is 12.9. The largest absolute Gasteiger partial charge is 0.455 e. The molecule has 196 valence electrons. The summed E-state index contributed by atoms with van der Waals surface area (Å²) in [5, 5.41) is 7.91. The van der Waals surface area contributed by atoms with Crippen LogP contribution >= 0.6 is 0 Å². The Morgan fingerprint density at radius 2 is 1.81 bits per heavy atom. The molecule has 2 aliphatic heterocycles. The average molecular weight is 500 g/mol. The van der Waals surface area contributed by atoms with E-state index in [1.165, 1.54) is 0 Å². The lowest BCUT2D eigenvalue weighted by molar-refractivity contribution is 0.00502. The zero-order valence-corrected chi connectivity index (χ0v) is 22.0. The second-order valence-corrected chi connectivity index (χ2v) is 10.9. The molecule has 1 aromatic heterocycles. The van der Waals surface area contributed by atoms with Crippen LogP contribution < -0.4 is 16.6 Å². The molecule has 11 heteroatoms. The first-order valence-corrected chi connectivity index (χ1v) is 12.1. The molecular weight excluding hydrogens is 462 g/mol. The number of hydrogen-bond acceptors (Lipinski definition) is 9. The third kappa shape index (κ3) is 8.22. The van der Waals surface area contributed by atoms with E-state index in [4.69, 9.17) is 15.2 Å². The summed E-state index contributed by atoms with van der Waals surface area (Å²) in [6.07, 6.45) is 5.76. The molecule has 36 heavy (non-hydrogen) atoms. The number of aryl methyl sites for hydroxylation is 1. The van der Waals surface area contributed by atoms with E-state index in [0.29, 0.717) is 25.5 Å². The van der Waals surface area contributed by atoms with Gasteiger partial charge in [0.2, 0.25) is 0 Å². The van der Waals surface area contributed by atoms with Crippen LogP contribution in [0.25, 0.3) is 0 Å². The topological polar surface area (TPSA) is 137 Å². The number of rotatable bonds is 6. The van der Waals surface area contributed by atoms with Gasteiger partial charge in [-0.2, -0.15) is 0 Å². The standard InChI is InChI=1S/C25H37N7O4/c1-24(2,3)35-22(33)20-16-32(30-28-20)12-8-7-9-19-13-18(21(26)29-27-19)11-10-17-14-31(15-17)23(34)36-25(4,5)6/h13,16-17,27,29H,7-9,12,14-15,26H2,1-6H3. The van der Waals surface area contributed by atoms with Crippen LogP contribution in [-0.2, 0) is 16.0 Å². The van der Waals surface area contributed by atoms with Gasteiger partial charge in [-0.1, -0.05) is 17.1 Å². The van der Waals surface area contributed by atoms with Crippen molar-refractivity contribution < 1.29 is 19.1 Å². The Bertz CT molecular complexity index is 1090. The normalized spacial score (nSPS) is 16.2. The third-order valence-electron chi connectivity index (χ3n) is 5.14. The minimum absolute atomic E-state index is 0.0952. The van der Waals surface area contributed by atoms with E-state index in [2.05, 4.69) is 33.0 Å². The molecular formula is C25H37N7O4. The van der Waals surface area contributed by atoms with Crippen molar-refractivity contribution in [3.63, 3.8) is 0 Å². The third-order valence-corrected chi connectivity index (χ3v) is 5.14. The Balaban J connectivity index is 1.43. The highest BCUT2D eigenvalue weighted by molar-refractivity contribution is 5.87. The lowest BCUT2D eigenvalue weighted by Gasteiger charge is -2.37. The second kappa shape index (κ2) is 10.9. The maximum Gasteiger partial charge on any atom is 0.410 e. The lowest BCUT2D eigenvalue weighted by atomic mass is 10.0. The van der Waals surface area contributed by atoms with Crippen molar-refractivity contribution in [2.24, 2.45) is 11.7 Å². The van der Waals surface area contributed by atoms with Crippen molar-refractivity contribution in [1.82, 2.24) is 30.7 Å². The van der Waals surface area contributed by atoms with E-state index in [-0.39, 0.29) is 17.7 Å². The summed E-state index contributed by atoms with van der Waals surface area (Å²) in [7, 11) is 0. The molecule has 11 nitrogen and oxygen atoms in total. The van der Waals surface area contributed by atoms with Gasteiger partial charge >= 0.3 is 12.1 Å². The summed E-state index contributed by atoms with van der Waals surface area (Å²) < 4.78 is 12.3. The number of carbonyl (C=O) groups excluding carboxylic acids is 2. The zero-order chi connectivity index (χ0) is 26.5. The molecule has 3 heterocycles. The minimum Gasteiger partial charge on any atom is -0.455 e. The smallest absolute Gasteiger partial charge is 0.410 e. The van der Waals surface area contributed by atoms with Gasteiger partial charge in [-0.25, -0.2) is 9.59 Å². The van der Waals surface area contributed by atoms with E-state index in [0.717, 1.165) is 30.5 Å². The van der Waals surface area contributed by atoms with Crippen molar-refractivity contribution in [3.05, 3.63) is 35.1 Å². The van der Waals surface area contributed by atoms with Crippen LogP contribution in [0.15, 0.2) is 29.4 Å². The van der Waals surface area contributed by atoms with Gasteiger partial charge in [0.25, 0.3) is 0 Å². The molecule has 0 aromatic carbocycles. The summed E-state index contributed by atoms with van der Waals surface area (Å²) in [5.74, 6) is 6.42. The summed E-state index contributed by atoms with van der Waals surface area (Å²) in [6.45, 7) is 12.7. The molecule has 0 radical (unpaired) electrons. The number of unbranched alkanes of at least 4 members (excludes halogenated alkanes) is 1. The van der Waals surface area contributed by atoms with E-state index in [9.17, 15) is 9.59 Å². The summed E-state index contributed by atoms with van der Waals surface area (Å²) >= 11 is 0. The first-order valence-electron chi connectivity index (χ1n) is 12.1. The molecule has 0 saturated carbocycles. The number of carbonyl (C=O) groups is 2. The van der Waals surface area contributed by atoms with Gasteiger partial charge in [-0.05, 0) is 66.9 Å². The molecule has 0 atom stereocenters. The monoisotopic (exact) mass is 499 g/mol. The molecule has 1 saturated heterocycles. The van der Waals surface area contributed by atoms with Crippen LogP contribution in [0.4, 0.5) is 4.79 Å². The number of allylic oxidation sites excluding steroid dienone is 3. The minimum atomic E-state index is -0.574. The number of hydrogen-bond donors (Lipinski definition) is 3. The van der Waals surface area contributed by atoms with Crippen molar-refractivity contribution >= 4 is 12.1 Å². The van der Waals surface area contributed by atoms with Crippen LogP contribution in [0.1, 0.15) is 71.3 Å². The van der Waals surface area contributed by atoms with Crippen molar-refractivity contribution in [3.8, 4) is 11.8 Å². The number of aromatic nitrogens is 3. The quantitative estimate of drug-likeness (QED) is 0.306. The lowest BCUT2D eigenvalue weighted by Crippen LogP contribution is -2.51. The van der Waals surface area contributed by atoms with Gasteiger partial charge in [0, 0.05) is 25.3 Å². The number of nitrogens with zero attached hydrogens (tertiary/aromatic N) is 4. The zero-order valence-electron chi connectivity index (χ0n) is 22.0. The number of esters is 1. The molecule has 0 bridgehead atoms. The molecule has 1 fully saturated rings. The van der Waals surface area contributed by atoms with E-state index >= 15 is 0 Å². The van der Waals surface area contributed by atoms with Crippen LogP contribution in [-0.4, -0.2) is 56.2 Å². The van der Waals surface area contributed by atoms with E-state index in [1.54, 1.807) is 15.8 Å². The number of nitrogens with one attached hydrogen (secondary N) is 2. The second-order valence-electron chi connectivity index (χ2n) is 10.9. The highest BCUT2D eigenvalue weighted by Gasteiger charge is 2.32. The molecule has 2 aliphatic rings. The highest BCUT2D eigenvalue weighted by Crippen LogP contribution is 2.20. The highest BCUT2D eigenvalue weighted by atomic mass is 16.6. The first kappa shape index (κ1) is 26.9. The van der Waals surface area contributed by atoms with Gasteiger partial charge in [0.1, 0.15) is 17.0 Å². The van der Waals surface area contributed by atoms with E-state index < -0.39 is 17.2 Å². The predicted octanol–water partition coefficient (Wildman–Crippen LogP) is 2.44. The molecule has 4 N–H and O–H groups in total. The number of amides is 1. The Morgan fingerprint density at radius 3 is 2.47 bits per heavy atom. The van der Waals surface area contributed by atoms with Crippen LogP contribution in [0, 0.1) is 17.8 Å². The Hall–Kier alpha value is -3.68. The molecule has 1 amide bonds. The van der Waals surface area contributed by atoms with Gasteiger partial charge < -0.3 is 25.5 Å². The average Bonchev–Trinajstić information content (AvgIpc) is 3.18. The molecule has 3 rings (SSSR count). The molecule has 0 unspecified atom stereocenters. The Morgan fingerprint density at radius 1 is 1.11 bits per heavy atom. The van der Waals surface area contributed by atoms with Gasteiger partial charge in [0.05, 0.1) is 17.7 Å².